The minimum Gasteiger partial charge on any atom is -0.331 e. The molecule has 1 unspecified atom stereocenters. The molecule has 0 saturated heterocycles. The van der Waals surface area contributed by atoms with Gasteiger partial charge in [-0.25, -0.2) is 9.07 Å². The highest BCUT2D eigenvalue weighted by atomic mass is 19.1. The smallest absolute Gasteiger partial charge is 0.257 e. The second-order valence-electron chi connectivity index (χ2n) is 6.50. The monoisotopic (exact) mass is 350 g/mol. The first-order chi connectivity index (χ1) is 12.6. The van der Waals surface area contributed by atoms with Gasteiger partial charge in [0.05, 0.1) is 29.2 Å². The van der Waals surface area contributed by atoms with Crippen molar-refractivity contribution in [3.8, 4) is 5.69 Å². The normalized spacial score (nSPS) is 16.4. The van der Waals surface area contributed by atoms with Gasteiger partial charge in [-0.05, 0) is 44.0 Å². The Bertz CT molecular complexity index is 967. The van der Waals surface area contributed by atoms with Crippen LogP contribution in [0.4, 0.5) is 4.39 Å². The lowest BCUT2D eigenvalue weighted by Gasteiger charge is -2.35. The van der Waals surface area contributed by atoms with E-state index >= 15 is 0 Å². The van der Waals surface area contributed by atoms with Gasteiger partial charge in [-0.2, -0.15) is 5.10 Å². The van der Waals surface area contributed by atoms with E-state index in [1.54, 1.807) is 34.2 Å². The molecule has 26 heavy (non-hydrogen) atoms. The van der Waals surface area contributed by atoms with Gasteiger partial charge in [0.1, 0.15) is 5.82 Å². The number of amides is 1. The average molecular weight is 350 g/mol. The Morgan fingerprint density at radius 2 is 2.00 bits per heavy atom. The summed E-state index contributed by atoms with van der Waals surface area (Å²) in [6.07, 6.45) is 5.61. The van der Waals surface area contributed by atoms with E-state index in [2.05, 4.69) is 10.1 Å². The van der Waals surface area contributed by atoms with Crippen LogP contribution in [0.2, 0.25) is 0 Å². The lowest BCUT2D eigenvalue weighted by molar-refractivity contribution is 0.0673. The van der Waals surface area contributed by atoms with Gasteiger partial charge in [0.15, 0.2) is 0 Å². The van der Waals surface area contributed by atoms with Gasteiger partial charge in [-0.15, -0.1) is 0 Å². The van der Waals surface area contributed by atoms with E-state index in [9.17, 15) is 9.18 Å². The Kier molecular flexibility index (Phi) is 4.03. The predicted molar refractivity (Wildman–Crippen MR) is 95.7 cm³/mol. The Labute approximate surface area is 151 Å². The Morgan fingerprint density at radius 1 is 1.23 bits per heavy atom. The highest BCUT2D eigenvalue weighted by molar-refractivity contribution is 5.95. The molecule has 132 valence electrons. The van der Waals surface area contributed by atoms with E-state index in [4.69, 9.17) is 0 Å². The van der Waals surface area contributed by atoms with Gasteiger partial charge >= 0.3 is 0 Å². The summed E-state index contributed by atoms with van der Waals surface area (Å²) in [6, 6.07) is 8.48. The van der Waals surface area contributed by atoms with Crippen LogP contribution in [0, 0.1) is 12.7 Å². The molecule has 0 saturated carbocycles. The summed E-state index contributed by atoms with van der Waals surface area (Å²) >= 11 is 0. The van der Waals surface area contributed by atoms with Gasteiger partial charge in [-0.1, -0.05) is 12.1 Å². The third-order valence-electron chi connectivity index (χ3n) is 5.06. The van der Waals surface area contributed by atoms with Gasteiger partial charge in [0, 0.05) is 24.5 Å². The quantitative estimate of drug-likeness (QED) is 0.711. The number of pyridine rings is 1. The van der Waals surface area contributed by atoms with Crippen molar-refractivity contribution >= 4 is 5.91 Å². The number of fused-ring (bicyclic) bond motifs is 1. The van der Waals surface area contributed by atoms with Crippen molar-refractivity contribution in [2.45, 2.75) is 26.3 Å². The maximum absolute atomic E-state index is 14.3. The summed E-state index contributed by atoms with van der Waals surface area (Å²) in [5.74, 6) is -0.374. The van der Waals surface area contributed by atoms with Crippen molar-refractivity contribution in [2.75, 3.05) is 6.54 Å². The number of hydrogen-bond acceptors (Lipinski definition) is 3. The second-order valence-corrected chi connectivity index (χ2v) is 6.50. The van der Waals surface area contributed by atoms with Crippen molar-refractivity contribution in [1.82, 2.24) is 19.7 Å². The molecule has 0 N–H and O–H groups in total. The lowest BCUT2D eigenvalue weighted by atomic mass is 9.92. The van der Waals surface area contributed by atoms with Crippen LogP contribution in [0.3, 0.4) is 0 Å². The van der Waals surface area contributed by atoms with Crippen molar-refractivity contribution in [3.63, 3.8) is 0 Å². The molecule has 0 radical (unpaired) electrons. The third-order valence-corrected chi connectivity index (χ3v) is 5.06. The van der Waals surface area contributed by atoms with E-state index < -0.39 is 0 Å². The van der Waals surface area contributed by atoms with E-state index in [0.717, 1.165) is 16.9 Å². The molecule has 3 aromatic rings. The fourth-order valence-electron chi connectivity index (χ4n) is 3.66. The van der Waals surface area contributed by atoms with E-state index in [1.165, 1.54) is 6.07 Å². The molecule has 0 bridgehead atoms. The summed E-state index contributed by atoms with van der Waals surface area (Å²) in [5.41, 5.74) is 3.73. The molecular weight excluding hydrogens is 331 g/mol. The van der Waals surface area contributed by atoms with E-state index in [-0.39, 0.29) is 17.8 Å². The van der Waals surface area contributed by atoms with E-state index in [0.29, 0.717) is 24.1 Å². The molecule has 1 aromatic carbocycles. The fraction of sp³-hybridized carbons (Fsp3) is 0.250. The molecule has 1 atom stereocenters. The van der Waals surface area contributed by atoms with Crippen LogP contribution in [0.15, 0.2) is 48.9 Å². The van der Waals surface area contributed by atoms with Crippen LogP contribution in [0.1, 0.15) is 40.1 Å². The molecule has 0 fully saturated rings. The molecule has 1 aliphatic heterocycles. The molecule has 1 aliphatic rings. The zero-order valence-electron chi connectivity index (χ0n) is 14.7. The molecule has 3 heterocycles. The Hall–Kier alpha value is -3.02. The molecule has 2 aromatic heterocycles. The number of hydrogen-bond donors (Lipinski definition) is 0. The first kappa shape index (κ1) is 16.4. The molecule has 0 spiro atoms. The summed E-state index contributed by atoms with van der Waals surface area (Å²) in [5, 5.41) is 4.36. The van der Waals surface area contributed by atoms with Gasteiger partial charge in [-0.3, -0.25) is 9.78 Å². The van der Waals surface area contributed by atoms with Gasteiger partial charge in [0.25, 0.3) is 5.91 Å². The molecule has 1 amide bonds. The number of benzene rings is 1. The molecular formula is C20H19FN4O. The molecule has 6 heteroatoms. The van der Waals surface area contributed by atoms with Crippen LogP contribution < -0.4 is 0 Å². The number of nitrogens with zero attached hydrogens (tertiary/aromatic N) is 4. The minimum absolute atomic E-state index is 0.121. The van der Waals surface area contributed by atoms with Crippen molar-refractivity contribution in [2.24, 2.45) is 0 Å². The number of aromatic nitrogens is 3. The number of carbonyl (C=O) groups excluding carboxylic acids is 1. The Morgan fingerprint density at radius 3 is 2.77 bits per heavy atom. The topological polar surface area (TPSA) is 51.0 Å². The van der Waals surface area contributed by atoms with Crippen LogP contribution in [0.25, 0.3) is 5.69 Å². The Balaban J connectivity index is 1.67. The first-order valence-corrected chi connectivity index (χ1v) is 8.61. The maximum Gasteiger partial charge on any atom is 0.257 e. The van der Waals surface area contributed by atoms with Crippen LogP contribution in [0.5, 0.6) is 0 Å². The summed E-state index contributed by atoms with van der Waals surface area (Å²) in [6.45, 7) is 4.31. The maximum atomic E-state index is 14.3. The average Bonchev–Trinajstić information content (AvgIpc) is 3.04. The summed E-state index contributed by atoms with van der Waals surface area (Å²) in [7, 11) is 0. The van der Waals surface area contributed by atoms with Crippen molar-refractivity contribution < 1.29 is 9.18 Å². The van der Waals surface area contributed by atoms with Crippen LogP contribution in [-0.2, 0) is 6.42 Å². The van der Waals surface area contributed by atoms with Crippen LogP contribution in [-0.4, -0.2) is 32.1 Å². The molecule has 5 nitrogen and oxygen atoms in total. The first-order valence-electron chi connectivity index (χ1n) is 8.61. The van der Waals surface area contributed by atoms with Gasteiger partial charge in [0.2, 0.25) is 0 Å². The zero-order chi connectivity index (χ0) is 18.3. The molecule has 4 rings (SSSR count). The number of carbonyl (C=O) groups is 1. The minimum atomic E-state index is -0.309. The SMILES string of the molecule is Cc1c(C(=O)N2CCc3cccc(F)c3C2C)cnn1-c1ccncc1. The molecule has 0 aliphatic carbocycles. The third kappa shape index (κ3) is 2.58. The highest BCUT2D eigenvalue weighted by Gasteiger charge is 2.31. The van der Waals surface area contributed by atoms with Crippen molar-refractivity contribution in [3.05, 3.63) is 77.1 Å². The van der Waals surface area contributed by atoms with Crippen molar-refractivity contribution in [1.29, 1.82) is 0 Å². The zero-order valence-corrected chi connectivity index (χ0v) is 14.7. The largest absolute Gasteiger partial charge is 0.331 e. The second kappa shape index (κ2) is 6.37. The lowest BCUT2D eigenvalue weighted by Crippen LogP contribution is -2.39. The van der Waals surface area contributed by atoms with E-state index in [1.807, 2.05) is 32.0 Å². The summed E-state index contributed by atoms with van der Waals surface area (Å²) < 4.78 is 16.0. The standard InChI is InChI=1S/C20H19FN4O/c1-13-17(12-23-25(13)16-6-9-22-10-7-16)20(26)24-11-8-15-4-3-5-18(21)19(15)14(24)2/h3-7,9-10,12,14H,8,11H2,1-2H3. The van der Waals surface area contributed by atoms with Gasteiger partial charge < -0.3 is 4.90 Å². The summed E-state index contributed by atoms with van der Waals surface area (Å²) in [4.78, 5) is 18.9. The predicted octanol–water partition coefficient (Wildman–Crippen LogP) is 3.47. The highest BCUT2D eigenvalue weighted by Crippen LogP contribution is 2.32. The number of halogens is 1. The number of rotatable bonds is 2. The van der Waals surface area contributed by atoms with Crippen LogP contribution >= 0.6 is 0 Å². The fourth-order valence-corrected chi connectivity index (χ4v) is 3.66.